The van der Waals surface area contributed by atoms with Crippen LogP contribution in [-0.2, 0) is 17.8 Å². The molecule has 106 valence electrons. The van der Waals surface area contributed by atoms with Crippen LogP contribution < -0.4 is 0 Å². The summed E-state index contributed by atoms with van der Waals surface area (Å²) in [6, 6.07) is 0. The Morgan fingerprint density at radius 1 is 1.37 bits per heavy atom. The van der Waals surface area contributed by atoms with Gasteiger partial charge < -0.3 is 5.11 Å². The van der Waals surface area contributed by atoms with Crippen molar-refractivity contribution in [3.8, 4) is 0 Å². The Hall–Kier alpha value is -0.980. The van der Waals surface area contributed by atoms with Gasteiger partial charge in [-0.15, -0.1) is 11.3 Å². The number of piperazine rings is 1. The van der Waals surface area contributed by atoms with Crippen LogP contribution in [0.2, 0.25) is 0 Å². The lowest BCUT2D eigenvalue weighted by atomic mass is 10.3. The first-order valence-electron chi connectivity index (χ1n) is 6.77. The highest BCUT2D eigenvalue weighted by Gasteiger charge is 2.19. The van der Waals surface area contributed by atoms with Crippen LogP contribution in [0, 0.1) is 0 Å². The highest BCUT2D eigenvalue weighted by atomic mass is 32.1. The average molecular weight is 283 g/mol. The van der Waals surface area contributed by atoms with Gasteiger partial charge in [0.05, 0.1) is 17.2 Å². The van der Waals surface area contributed by atoms with Gasteiger partial charge >= 0.3 is 5.97 Å². The maximum absolute atomic E-state index is 10.6. The normalized spacial score (nSPS) is 17.7. The van der Waals surface area contributed by atoms with Crippen molar-refractivity contribution in [3.05, 3.63) is 16.1 Å². The van der Waals surface area contributed by atoms with Crippen molar-refractivity contribution in [3.63, 3.8) is 0 Å². The lowest BCUT2D eigenvalue weighted by Gasteiger charge is -2.33. The van der Waals surface area contributed by atoms with Gasteiger partial charge in [0, 0.05) is 38.1 Å². The highest BCUT2D eigenvalue weighted by molar-refractivity contribution is 7.09. The summed E-state index contributed by atoms with van der Waals surface area (Å²) in [6.45, 7) is 6.73. The standard InChI is InChI=1S/C13H21N3O2S/c1-2-3-12-14-11(10-19-12)8-15-4-6-16(7-5-15)9-13(17)18/h10H,2-9H2,1H3,(H,17,18). The van der Waals surface area contributed by atoms with Crippen molar-refractivity contribution >= 4 is 17.3 Å². The fourth-order valence-electron chi connectivity index (χ4n) is 2.28. The van der Waals surface area contributed by atoms with Crippen molar-refractivity contribution in [1.82, 2.24) is 14.8 Å². The van der Waals surface area contributed by atoms with E-state index in [-0.39, 0.29) is 6.54 Å². The lowest BCUT2D eigenvalue weighted by Crippen LogP contribution is -2.47. The summed E-state index contributed by atoms with van der Waals surface area (Å²) in [4.78, 5) is 19.6. The maximum atomic E-state index is 10.6. The molecule has 19 heavy (non-hydrogen) atoms. The molecule has 0 atom stereocenters. The molecule has 1 aliphatic heterocycles. The molecule has 1 aromatic heterocycles. The third-order valence-corrected chi connectivity index (χ3v) is 4.23. The molecule has 0 bridgehead atoms. The molecule has 1 fully saturated rings. The third-order valence-electron chi connectivity index (χ3n) is 3.27. The van der Waals surface area contributed by atoms with E-state index in [0.717, 1.165) is 51.3 Å². The molecule has 0 aliphatic carbocycles. The number of thiazole rings is 1. The minimum absolute atomic E-state index is 0.158. The number of carboxylic acid groups (broad SMARTS) is 1. The van der Waals surface area contributed by atoms with Gasteiger partial charge in [0.2, 0.25) is 0 Å². The molecule has 0 aromatic carbocycles. The molecule has 1 saturated heterocycles. The highest BCUT2D eigenvalue weighted by Crippen LogP contribution is 2.14. The molecule has 0 unspecified atom stereocenters. The Labute approximate surface area is 117 Å². The van der Waals surface area contributed by atoms with E-state index in [4.69, 9.17) is 5.11 Å². The van der Waals surface area contributed by atoms with E-state index in [1.807, 2.05) is 4.90 Å². The van der Waals surface area contributed by atoms with E-state index >= 15 is 0 Å². The molecule has 0 saturated carbocycles. The molecule has 2 rings (SSSR count). The summed E-state index contributed by atoms with van der Waals surface area (Å²) in [5.74, 6) is -0.739. The topological polar surface area (TPSA) is 56.7 Å². The lowest BCUT2D eigenvalue weighted by molar-refractivity contribution is -0.138. The number of hydrogen-bond donors (Lipinski definition) is 1. The first kappa shape index (κ1) is 14.4. The number of hydrogen-bond acceptors (Lipinski definition) is 5. The maximum Gasteiger partial charge on any atom is 0.317 e. The second kappa shape index (κ2) is 6.98. The van der Waals surface area contributed by atoms with Gasteiger partial charge in [-0.3, -0.25) is 14.6 Å². The zero-order chi connectivity index (χ0) is 13.7. The van der Waals surface area contributed by atoms with Gasteiger partial charge in [-0.1, -0.05) is 6.92 Å². The van der Waals surface area contributed by atoms with E-state index in [9.17, 15) is 4.79 Å². The van der Waals surface area contributed by atoms with Gasteiger partial charge in [-0.05, 0) is 12.8 Å². The van der Waals surface area contributed by atoms with Crippen LogP contribution in [0.15, 0.2) is 5.38 Å². The number of aromatic nitrogens is 1. The van der Waals surface area contributed by atoms with Crippen LogP contribution in [0.1, 0.15) is 24.0 Å². The molecular weight excluding hydrogens is 262 g/mol. The van der Waals surface area contributed by atoms with Crippen LogP contribution in [0.5, 0.6) is 0 Å². The number of aliphatic carboxylic acids is 1. The van der Waals surface area contributed by atoms with Gasteiger partial charge in [0.1, 0.15) is 0 Å². The van der Waals surface area contributed by atoms with Crippen LogP contribution in [-0.4, -0.2) is 58.6 Å². The number of nitrogens with zero attached hydrogens (tertiary/aromatic N) is 3. The van der Waals surface area contributed by atoms with E-state index in [0.29, 0.717) is 0 Å². The molecule has 1 N–H and O–H groups in total. The molecule has 6 heteroatoms. The molecular formula is C13H21N3O2S. The Morgan fingerprint density at radius 2 is 2.05 bits per heavy atom. The SMILES string of the molecule is CCCc1nc(CN2CCN(CC(=O)O)CC2)cs1. The van der Waals surface area contributed by atoms with E-state index in [1.54, 1.807) is 11.3 Å². The molecule has 1 aliphatic rings. The number of aryl methyl sites for hydroxylation is 1. The summed E-state index contributed by atoms with van der Waals surface area (Å²) >= 11 is 1.75. The number of carboxylic acids is 1. The van der Waals surface area contributed by atoms with Crippen molar-refractivity contribution < 1.29 is 9.90 Å². The molecule has 1 aromatic rings. The van der Waals surface area contributed by atoms with Crippen molar-refractivity contribution in [1.29, 1.82) is 0 Å². The van der Waals surface area contributed by atoms with Crippen molar-refractivity contribution in [2.45, 2.75) is 26.3 Å². The van der Waals surface area contributed by atoms with Crippen LogP contribution in [0.4, 0.5) is 0 Å². The molecule has 2 heterocycles. The molecule has 5 nitrogen and oxygen atoms in total. The minimum Gasteiger partial charge on any atom is -0.480 e. The minimum atomic E-state index is -0.739. The summed E-state index contributed by atoms with van der Waals surface area (Å²) in [6.07, 6.45) is 2.21. The summed E-state index contributed by atoms with van der Waals surface area (Å²) < 4.78 is 0. The summed E-state index contributed by atoms with van der Waals surface area (Å²) in [5.41, 5.74) is 1.15. The predicted molar refractivity (Wildman–Crippen MR) is 75.5 cm³/mol. The number of carbonyl (C=O) groups is 1. The average Bonchev–Trinajstić information content (AvgIpc) is 2.79. The zero-order valence-corrected chi connectivity index (χ0v) is 12.2. The molecule has 0 spiro atoms. The monoisotopic (exact) mass is 283 g/mol. The quantitative estimate of drug-likeness (QED) is 0.853. The van der Waals surface area contributed by atoms with Crippen LogP contribution in [0.3, 0.4) is 0 Å². The summed E-state index contributed by atoms with van der Waals surface area (Å²) in [5, 5.41) is 12.1. The van der Waals surface area contributed by atoms with Gasteiger partial charge in [-0.25, -0.2) is 4.98 Å². The Balaban J connectivity index is 1.76. The predicted octanol–water partition coefficient (Wildman–Crippen LogP) is 1.30. The van der Waals surface area contributed by atoms with Gasteiger partial charge in [0.25, 0.3) is 0 Å². The molecule has 0 amide bonds. The van der Waals surface area contributed by atoms with Crippen molar-refractivity contribution in [2.75, 3.05) is 32.7 Å². The van der Waals surface area contributed by atoms with Gasteiger partial charge in [0.15, 0.2) is 0 Å². The van der Waals surface area contributed by atoms with Gasteiger partial charge in [-0.2, -0.15) is 0 Å². The molecule has 0 radical (unpaired) electrons. The Bertz CT molecular complexity index is 414. The van der Waals surface area contributed by atoms with E-state index < -0.39 is 5.97 Å². The van der Waals surface area contributed by atoms with Crippen LogP contribution >= 0.6 is 11.3 Å². The smallest absolute Gasteiger partial charge is 0.317 e. The largest absolute Gasteiger partial charge is 0.480 e. The third kappa shape index (κ3) is 4.56. The fourth-order valence-corrected chi connectivity index (χ4v) is 3.17. The Kier molecular flexibility index (Phi) is 5.30. The first-order valence-corrected chi connectivity index (χ1v) is 7.65. The van der Waals surface area contributed by atoms with E-state index in [1.165, 1.54) is 5.01 Å². The van der Waals surface area contributed by atoms with Crippen LogP contribution in [0.25, 0.3) is 0 Å². The fraction of sp³-hybridized carbons (Fsp3) is 0.692. The summed E-state index contributed by atoms with van der Waals surface area (Å²) in [7, 11) is 0. The zero-order valence-electron chi connectivity index (χ0n) is 11.3. The van der Waals surface area contributed by atoms with E-state index in [2.05, 4.69) is 22.2 Å². The van der Waals surface area contributed by atoms with Crippen molar-refractivity contribution in [2.24, 2.45) is 0 Å². The second-order valence-electron chi connectivity index (χ2n) is 4.93. The Morgan fingerprint density at radius 3 is 2.68 bits per heavy atom. The second-order valence-corrected chi connectivity index (χ2v) is 5.87. The first-order chi connectivity index (χ1) is 9.17. The number of rotatable bonds is 6.